The van der Waals surface area contributed by atoms with E-state index in [0.29, 0.717) is 0 Å². The number of nitrogens with zero attached hydrogens (tertiary/aromatic N) is 1. The molecule has 0 aromatic heterocycles. The van der Waals surface area contributed by atoms with Gasteiger partial charge < -0.3 is 15.5 Å². The first-order valence-corrected chi connectivity index (χ1v) is 7.93. The number of hydrogen-bond acceptors (Lipinski definition) is 5. The topological polar surface area (TPSA) is 89.9 Å². The van der Waals surface area contributed by atoms with Crippen molar-refractivity contribution in [3.63, 3.8) is 0 Å². The van der Waals surface area contributed by atoms with Gasteiger partial charge in [-0.15, -0.1) is 0 Å². The molecule has 2 rings (SSSR count). The lowest BCUT2D eigenvalue weighted by molar-refractivity contribution is 0.0572. The highest BCUT2D eigenvalue weighted by atomic mass is 32.2. The molecule has 3 N–H and O–H groups in total. The van der Waals surface area contributed by atoms with E-state index in [2.05, 4.69) is 5.32 Å². The summed E-state index contributed by atoms with van der Waals surface area (Å²) in [5.41, 5.74) is 0.993. The van der Waals surface area contributed by atoms with Crippen LogP contribution in [0.3, 0.4) is 0 Å². The molecule has 20 heavy (non-hydrogen) atoms. The molecule has 1 aromatic rings. The molecule has 7 heteroatoms. The zero-order valence-electron chi connectivity index (χ0n) is 11.5. The predicted octanol–water partition coefficient (Wildman–Crippen LogP) is -0.307. The summed E-state index contributed by atoms with van der Waals surface area (Å²) in [7, 11) is -1.83. The molecule has 0 aliphatic carbocycles. The Morgan fingerprint density at radius 2 is 1.70 bits per heavy atom. The van der Waals surface area contributed by atoms with E-state index in [4.69, 9.17) is 0 Å². The van der Waals surface area contributed by atoms with E-state index >= 15 is 0 Å². The summed E-state index contributed by atoms with van der Waals surface area (Å²) < 4.78 is 25.8. The summed E-state index contributed by atoms with van der Waals surface area (Å²) in [5, 5.41) is 22.0. The second kappa shape index (κ2) is 5.79. The third-order valence-electron chi connectivity index (χ3n) is 3.68. The Hall–Kier alpha value is -0.990. The summed E-state index contributed by atoms with van der Waals surface area (Å²) >= 11 is 0. The van der Waals surface area contributed by atoms with Crippen LogP contribution < -0.4 is 5.32 Å². The third-order valence-corrected chi connectivity index (χ3v) is 5.52. The summed E-state index contributed by atoms with van der Waals surface area (Å²) in [6.45, 7) is 1.84. The van der Waals surface area contributed by atoms with Gasteiger partial charge in [-0.25, -0.2) is 8.42 Å². The molecule has 6 nitrogen and oxygen atoms in total. The van der Waals surface area contributed by atoms with E-state index in [9.17, 15) is 18.6 Å². The smallest absolute Gasteiger partial charge is 0.243 e. The second-order valence-electron chi connectivity index (χ2n) is 5.04. The van der Waals surface area contributed by atoms with Crippen molar-refractivity contribution in [1.82, 2.24) is 9.62 Å². The molecule has 1 heterocycles. The second-order valence-corrected chi connectivity index (χ2v) is 6.97. The number of β-amino-alcohol motifs (C(OH)–C–C–N with tert-alkyl or cyclic N) is 2. The maximum absolute atomic E-state index is 12.4. The summed E-state index contributed by atoms with van der Waals surface area (Å²) in [6.07, 6.45) is -2.04. The molecule has 0 spiro atoms. The van der Waals surface area contributed by atoms with Gasteiger partial charge in [-0.1, -0.05) is 12.1 Å². The first-order chi connectivity index (χ1) is 9.36. The van der Waals surface area contributed by atoms with Gasteiger partial charge in [0.25, 0.3) is 0 Å². The monoisotopic (exact) mass is 300 g/mol. The average molecular weight is 300 g/mol. The lowest BCUT2D eigenvalue weighted by Gasteiger charge is -2.16. The Morgan fingerprint density at radius 3 is 2.15 bits per heavy atom. The highest BCUT2D eigenvalue weighted by Crippen LogP contribution is 2.23. The van der Waals surface area contributed by atoms with Crippen LogP contribution >= 0.6 is 0 Å². The van der Waals surface area contributed by atoms with Crippen molar-refractivity contribution in [2.45, 2.75) is 30.1 Å². The highest BCUT2D eigenvalue weighted by Gasteiger charge is 2.37. The molecule has 1 aliphatic rings. The number of aliphatic hydroxyl groups excluding tert-OH is 2. The number of aliphatic hydroxyl groups is 2. The Balaban J connectivity index is 2.22. The van der Waals surface area contributed by atoms with Crippen molar-refractivity contribution in [2.75, 3.05) is 20.1 Å². The Labute approximate surface area is 119 Å². The molecule has 3 atom stereocenters. The maximum Gasteiger partial charge on any atom is 0.243 e. The van der Waals surface area contributed by atoms with Gasteiger partial charge in [-0.05, 0) is 31.7 Å². The van der Waals surface area contributed by atoms with Gasteiger partial charge in [-0.3, -0.25) is 0 Å². The molecule has 112 valence electrons. The van der Waals surface area contributed by atoms with E-state index < -0.39 is 22.2 Å². The number of nitrogens with one attached hydrogen (secondary N) is 1. The maximum atomic E-state index is 12.4. The quantitative estimate of drug-likeness (QED) is 0.710. The molecular weight excluding hydrogens is 280 g/mol. The zero-order chi connectivity index (χ0) is 14.9. The van der Waals surface area contributed by atoms with Crippen LogP contribution in [0.5, 0.6) is 0 Å². The van der Waals surface area contributed by atoms with Crippen LogP contribution in [0.1, 0.15) is 18.5 Å². The van der Waals surface area contributed by atoms with Crippen LogP contribution in [-0.2, 0) is 10.0 Å². The van der Waals surface area contributed by atoms with Crippen LogP contribution in [0.4, 0.5) is 0 Å². The van der Waals surface area contributed by atoms with Gasteiger partial charge in [0.2, 0.25) is 10.0 Å². The van der Waals surface area contributed by atoms with E-state index in [1.54, 1.807) is 24.3 Å². The number of benzene rings is 1. The summed E-state index contributed by atoms with van der Waals surface area (Å²) in [5.74, 6) is 0. The molecule has 0 amide bonds. The summed E-state index contributed by atoms with van der Waals surface area (Å²) in [6, 6.07) is 6.77. The lowest BCUT2D eigenvalue weighted by atomic mass is 10.1. The third kappa shape index (κ3) is 2.87. The van der Waals surface area contributed by atoms with Crippen molar-refractivity contribution < 1.29 is 18.6 Å². The molecule has 1 aliphatic heterocycles. The van der Waals surface area contributed by atoms with Gasteiger partial charge in [0.1, 0.15) is 0 Å². The fourth-order valence-corrected chi connectivity index (χ4v) is 3.65. The van der Waals surface area contributed by atoms with E-state index in [1.165, 1.54) is 0 Å². The Morgan fingerprint density at radius 1 is 1.20 bits per heavy atom. The SMILES string of the molecule is CNC(C)c1ccc(S(=O)(=O)N2CC(O)C(O)C2)cc1. The molecule has 0 saturated carbocycles. The summed E-state index contributed by atoms with van der Waals surface area (Å²) in [4.78, 5) is 0.172. The Kier molecular flexibility index (Phi) is 4.46. The minimum Gasteiger partial charge on any atom is -0.389 e. The fourth-order valence-electron chi connectivity index (χ4n) is 2.18. The predicted molar refractivity (Wildman–Crippen MR) is 74.7 cm³/mol. The number of sulfonamides is 1. The molecule has 3 unspecified atom stereocenters. The van der Waals surface area contributed by atoms with Crippen LogP contribution in [0.15, 0.2) is 29.2 Å². The van der Waals surface area contributed by atoms with Crippen LogP contribution in [0.25, 0.3) is 0 Å². The van der Waals surface area contributed by atoms with Crippen LogP contribution in [-0.4, -0.2) is 55.3 Å². The first-order valence-electron chi connectivity index (χ1n) is 6.49. The van der Waals surface area contributed by atoms with Crippen LogP contribution in [0, 0.1) is 0 Å². The molecule has 1 saturated heterocycles. The standard InChI is InChI=1S/C13H20N2O4S/c1-9(14-2)10-3-5-11(6-4-10)20(18,19)15-7-12(16)13(17)8-15/h3-6,9,12-14,16-17H,7-8H2,1-2H3. The molecule has 0 bridgehead atoms. The lowest BCUT2D eigenvalue weighted by Crippen LogP contribution is -2.30. The minimum atomic E-state index is -3.66. The van der Waals surface area contributed by atoms with Crippen molar-refractivity contribution in [3.05, 3.63) is 29.8 Å². The van der Waals surface area contributed by atoms with Crippen molar-refractivity contribution in [1.29, 1.82) is 0 Å². The van der Waals surface area contributed by atoms with E-state index in [-0.39, 0.29) is 24.0 Å². The highest BCUT2D eigenvalue weighted by molar-refractivity contribution is 7.89. The van der Waals surface area contributed by atoms with Crippen molar-refractivity contribution >= 4 is 10.0 Å². The van der Waals surface area contributed by atoms with Crippen molar-refractivity contribution in [3.8, 4) is 0 Å². The normalized spacial score (nSPS) is 25.8. The van der Waals surface area contributed by atoms with E-state index in [0.717, 1.165) is 9.87 Å². The van der Waals surface area contributed by atoms with Gasteiger partial charge in [-0.2, -0.15) is 4.31 Å². The van der Waals surface area contributed by atoms with E-state index in [1.807, 2.05) is 14.0 Å². The average Bonchev–Trinajstić information content (AvgIpc) is 2.78. The van der Waals surface area contributed by atoms with Gasteiger partial charge in [0.15, 0.2) is 0 Å². The molecule has 1 fully saturated rings. The largest absolute Gasteiger partial charge is 0.389 e. The van der Waals surface area contributed by atoms with Crippen molar-refractivity contribution in [2.24, 2.45) is 0 Å². The first kappa shape index (κ1) is 15.4. The van der Waals surface area contributed by atoms with Gasteiger partial charge in [0, 0.05) is 19.1 Å². The van der Waals surface area contributed by atoms with Gasteiger partial charge >= 0.3 is 0 Å². The van der Waals surface area contributed by atoms with Gasteiger partial charge in [0.05, 0.1) is 17.1 Å². The fraction of sp³-hybridized carbons (Fsp3) is 0.538. The molecule has 0 radical (unpaired) electrons. The zero-order valence-corrected chi connectivity index (χ0v) is 12.3. The Bertz CT molecular complexity index is 548. The molecular formula is C13H20N2O4S. The molecule has 1 aromatic carbocycles. The minimum absolute atomic E-state index is 0.0713. The number of rotatable bonds is 4. The number of hydrogen-bond donors (Lipinski definition) is 3. The van der Waals surface area contributed by atoms with Crippen LogP contribution in [0.2, 0.25) is 0 Å².